The molecule has 0 fully saturated rings. The summed E-state index contributed by atoms with van der Waals surface area (Å²) in [7, 11) is 1.60. The first-order chi connectivity index (χ1) is 16.5. The molecule has 0 bridgehead atoms. The summed E-state index contributed by atoms with van der Waals surface area (Å²) in [5.74, 6) is -0.00951. The van der Waals surface area contributed by atoms with Crippen LogP contribution in [0.25, 0.3) is 6.08 Å². The third-order valence-electron chi connectivity index (χ3n) is 5.69. The largest absolute Gasteiger partial charge is 0.497 e. The van der Waals surface area contributed by atoms with E-state index in [1.807, 2.05) is 30.3 Å². The summed E-state index contributed by atoms with van der Waals surface area (Å²) in [5.41, 5.74) is 3.86. The molecule has 1 aliphatic rings. The predicted molar refractivity (Wildman–Crippen MR) is 136 cm³/mol. The molecule has 0 saturated carbocycles. The monoisotopic (exact) mass is 519 g/mol. The molecule has 2 amide bonds. The van der Waals surface area contributed by atoms with Gasteiger partial charge in [-0.2, -0.15) is 0 Å². The number of hydrogen-bond donors (Lipinski definition) is 3. The summed E-state index contributed by atoms with van der Waals surface area (Å²) in [6, 6.07) is 22.6. The van der Waals surface area contributed by atoms with E-state index in [4.69, 9.17) is 4.74 Å². The van der Waals surface area contributed by atoms with Crippen LogP contribution in [-0.4, -0.2) is 32.0 Å². The van der Waals surface area contributed by atoms with Gasteiger partial charge in [0.05, 0.1) is 7.11 Å². The first kappa shape index (κ1) is 23.7. The highest BCUT2D eigenvalue weighted by Crippen LogP contribution is 2.22. The minimum atomic E-state index is -0.364. The third-order valence-corrected chi connectivity index (χ3v) is 6.18. The fraction of sp³-hybridized carbons (Fsp3) is 0.185. The number of carbonyl (C=O) groups is 2. The van der Waals surface area contributed by atoms with Crippen LogP contribution in [0.5, 0.6) is 5.75 Å². The number of amides is 2. The minimum Gasteiger partial charge on any atom is -0.497 e. The van der Waals surface area contributed by atoms with Crippen LogP contribution in [0.15, 0.2) is 83.0 Å². The van der Waals surface area contributed by atoms with Crippen molar-refractivity contribution in [3.8, 4) is 5.75 Å². The lowest BCUT2D eigenvalue weighted by Crippen LogP contribution is -2.41. The number of rotatable bonds is 7. The van der Waals surface area contributed by atoms with Crippen molar-refractivity contribution in [1.29, 1.82) is 0 Å². The van der Waals surface area contributed by atoms with E-state index in [9.17, 15) is 9.59 Å². The molecular formula is C27H26BrN3O3. The number of nitrogens with one attached hydrogen (secondary N) is 3. The number of carbonyl (C=O) groups excluding carboxylic acids is 2. The molecule has 174 valence electrons. The summed E-state index contributed by atoms with van der Waals surface area (Å²) < 4.78 is 5.99. The van der Waals surface area contributed by atoms with Gasteiger partial charge in [-0.15, -0.1) is 0 Å². The normalized spacial score (nSPS) is 15.2. The van der Waals surface area contributed by atoms with Crippen molar-refractivity contribution in [1.82, 2.24) is 16.0 Å². The van der Waals surface area contributed by atoms with Gasteiger partial charge in [-0.1, -0.05) is 58.4 Å². The second-order valence-electron chi connectivity index (χ2n) is 7.96. The van der Waals surface area contributed by atoms with Crippen molar-refractivity contribution < 1.29 is 14.3 Å². The quantitative estimate of drug-likeness (QED) is 0.408. The van der Waals surface area contributed by atoms with Gasteiger partial charge < -0.3 is 20.7 Å². The van der Waals surface area contributed by atoms with E-state index in [1.165, 1.54) is 11.1 Å². The van der Waals surface area contributed by atoms with E-state index in [1.54, 1.807) is 43.5 Å². The first-order valence-electron chi connectivity index (χ1n) is 11.1. The van der Waals surface area contributed by atoms with E-state index in [0.717, 1.165) is 23.0 Å². The Bertz CT molecular complexity index is 1210. The molecule has 0 aromatic heterocycles. The Balaban J connectivity index is 1.53. The standard InChI is InChI=1S/C27H26BrN3O3/c1-34-22-11-9-18(10-12-22)15-24(31-26(32)20-6-4-7-21(28)16-20)27(33)30-17-25-23-8-3-2-5-19(23)13-14-29-25/h2-12,15-16,25,29H,13-14,17H2,1H3,(H,30,33)(H,31,32)/b24-15+/t25-/m1/s1. The van der Waals surface area contributed by atoms with Gasteiger partial charge in [0, 0.05) is 22.6 Å². The van der Waals surface area contributed by atoms with Crippen molar-refractivity contribution in [2.24, 2.45) is 0 Å². The topological polar surface area (TPSA) is 79.5 Å². The van der Waals surface area contributed by atoms with Crippen LogP contribution in [0.2, 0.25) is 0 Å². The molecule has 3 aromatic carbocycles. The average Bonchev–Trinajstić information content (AvgIpc) is 2.87. The summed E-state index contributed by atoms with van der Waals surface area (Å²) in [6.45, 7) is 1.26. The molecule has 34 heavy (non-hydrogen) atoms. The van der Waals surface area contributed by atoms with Crippen molar-refractivity contribution in [2.75, 3.05) is 20.2 Å². The lowest BCUT2D eigenvalue weighted by molar-refractivity contribution is -0.117. The molecule has 6 nitrogen and oxygen atoms in total. The maximum absolute atomic E-state index is 13.2. The zero-order valence-corrected chi connectivity index (χ0v) is 20.4. The lowest BCUT2D eigenvalue weighted by Gasteiger charge is -2.27. The van der Waals surface area contributed by atoms with Crippen LogP contribution in [0.4, 0.5) is 0 Å². The Morgan fingerprint density at radius 1 is 1.09 bits per heavy atom. The number of benzene rings is 3. The summed E-state index contributed by atoms with van der Waals surface area (Å²) >= 11 is 3.38. The summed E-state index contributed by atoms with van der Waals surface area (Å²) in [6.07, 6.45) is 2.62. The number of halogens is 1. The Morgan fingerprint density at radius 2 is 1.88 bits per heavy atom. The molecule has 3 aromatic rings. The van der Waals surface area contributed by atoms with Crippen molar-refractivity contribution in [3.05, 3.63) is 105 Å². The van der Waals surface area contributed by atoms with Crippen molar-refractivity contribution in [3.63, 3.8) is 0 Å². The van der Waals surface area contributed by atoms with Gasteiger partial charge in [0.15, 0.2) is 0 Å². The zero-order chi connectivity index (χ0) is 23.9. The Kier molecular flexibility index (Phi) is 7.77. The highest BCUT2D eigenvalue weighted by molar-refractivity contribution is 9.10. The molecule has 1 aliphatic heterocycles. The van der Waals surface area contributed by atoms with Gasteiger partial charge in [0.1, 0.15) is 11.4 Å². The van der Waals surface area contributed by atoms with Crippen LogP contribution >= 0.6 is 15.9 Å². The number of ether oxygens (including phenoxy) is 1. The lowest BCUT2D eigenvalue weighted by atomic mass is 9.94. The fourth-order valence-electron chi connectivity index (χ4n) is 3.91. The molecule has 3 N–H and O–H groups in total. The van der Waals surface area contributed by atoms with Gasteiger partial charge in [-0.25, -0.2) is 0 Å². The van der Waals surface area contributed by atoms with E-state index in [0.29, 0.717) is 17.9 Å². The fourth-order valence-corrected chi connectivity index (χ4v) is 4.31. The molecule has 0 saturated heterocycles. The van der Waals surface area contributed by atoms with E-state index < -0.39 is 0 Å². The molecule has 0 radical (unpaired) electrons. The molecule has 0 aliphatic carbocycles. The molecule has 7 heteroatoms. The minimum absolute atomic E-state index is 0.0110. The third kappa shape index (κ3) is 5.92. The van der Waals surface area contributed by atoms with Gasteiger partial charge >= 0.3 is 0 Å². The van der Waals surface area contributed by atoms with Crippen LogP contribution in [0.1, 0.15) is 33.1 Å². The molecule has 0 spiro atoms. The summed E-state index contributed by atoms with van der Waals surface area (Å²) in [4.78, 5) is 26.1. The number of methoxy groups -OCH3 is 1. The van der Waals surface area contributed by atoms with Gasteiger partial charge in [-0.3, -0.25) is 9.59 Å². The molecule has 4 rings (SSSR count). The van der Waals surface area contributed by atoms with Crippen molar-refractivity contribution >= 4 is 33.8 Å². The SMILES string of the molecule is COc1ccc(/C=C(/NC(=O)c2cccc(Br)c2)C(=O)NC[C@H]2NCCc3ccccc32)cc1. The smallest absolute Gasteiger partial charge is 0.267 e. The van der Waals surface area contributed by atoms with E-state index >= 15 is 0 Å². The zero-order valence-electron chi connectivity index (χ0n) is 18.8. The number of hydrogen-bond acceptors (Lipinski definition) is 4. The number of fused-ring (bicyclic) bond motifs is 1. The molecule has 1 heterocycles. The second-order valence-corrected chi connectivity index (χ2v) is 8.88. The summed E-state index contributed by atoms with van der Waals surface area (Å²) in [5, 5.41) is 9.23. The van der Waals surface area contributed by atoms with Gasteiger partial charge in [-0.05, 0) is 66.1 Å². The predicted octanol–water partition coefficient (Wildman–Crippen LogP) is 4.23. The second kappa shape index (κ2) is 11.1. The molecule has 1 atom stereocenters. The highest BCUT2D eigenvalue weighted by Gasteiger charge is 2.21. The Labute approximate surface area is 207 Å². The van der Waals surface area contributed by atoms with Gasteiger partial charge in [0.25, 0.3) is 11.8 Å². The van der Waals surface area contributed by atoms with Crippen LogP contribution in [0.3, 0.4) is 0 Å². The van der Waals surface area contributed by atoms with Crippen LogP contribution in [0, 0.1) is 0 Å². The van der Waals surface area contributed by atoms with E-state index in [2.05, 4.69) is 44.0 Å². The average molecular weight is 520 g/mol. The van der Waals surface area contributed by atoms with Crippen molar-refractivity contribution in [2.45, 2.75) is 12.5 Å². The maximum Gasteiger partial charge on any atom is 0.267 e. The maximum atomic E-state index is 13.2. The van der Waals surface area contributed by atoms with E-state index in [-0.39, 0.29) is 23.6 Å². The van der Waals surface area contributed by atoms with Crippen LogP contribution in [-0.2, 0) is 11.2 Å². The Morgan fingerprint density at radius 3 is 2.65 bits per heavy atom. The van der Waals surface area contributed by atoms with Crippen LogP contribution < -0.4 is 20.7 Å². The molecule has 0 unspecified atom stereocenters. The molecular weight excluding hydrogens is 494 g/mol. The Hall–Kier alpha value is -3.42. The highest BCUT2D eigenvalue weighted by atomic mass is 79.9. The van der Waals surface area contributed by atoms with Gasteiger partial charge in [0.2, 0.25) is 0 Å². The first-order valence-corrected chi connectivity index (χ1v) is 11.8.